The van der Waals surface area contributed by atoms with Crippen molar-refractivity contribution < 1.29 is 22.4 Å². The van der Waals surface area contributed by atoms with Crippen LogP contribution in [0, 0.1) is 18.7 Å². The number of primary amides is 1. The van der Waals surface area contributed by atoms with E-state index in [0.717, 1.165) is 18.9 Å². The Bertz CT molecular complexity index is 941. The highest BCUT2D eigenvalue weighted by Crippen LogP contribution is 2.42. The molecule has 1 aromatic carbocycles. The number of nitrogens with zero attached hydrogens (tertiary/aromatic N) is 1. The first-order chi connectivity index (χ1) is 14.1. The van der Waals surface area contributed by atoms with Crippen LogP contribution in [0.25, 0.3) is 0 Å². The second-order valence-electron chi connectivity index (χ2n) is 7.65. The number of carbonyl (C=O) groups excluding carboxylic acids is 1. The third-order valence-corrected chi connectivity index (χ3v) is 6.00. The van der Waals surface area contributed by atoms with Crippen molar-refractivity contribution in [2.45, 2.75) is 44.7 Å². The zero-order valence-corrected chi connectivity index (χ0v) is 17.1. The Morgan fingerprint density at radius 3 is 2.47 bits per heavy atom. The molecule has 4 nitrogen and oxygen atoms in total. The van der Waals surface area contributed by atoms with Gasteiger partial charge in [-0.15, -0.1) is 0 Å². The normalized spacial score (nSPS) is 19.5. The lowest BCUT2D eigenvalue weighted by Crippen LogP contribution is -2.22. The lowest BCUT2D eigenvalue weighted by molar-refractivity contribution is -0.137. The smallest absolute Gasteiger partial charge is 0.370 e. The Morgan fingerprint density at radius 2 is 1.90 bits per heavy atom. The maximum Gasteiger partial charge on any atom is 0.416 e. The molecule has 0 aliphatic heterocycles. The number of anilines is 1. The first-order valence-electron chi connectivity index (χ1n) is 9.63. The van der Waals surface area contributed by atoms with Gasteiger partial charge in [-0.25, -0.2) is 9.37 Å². The number of aromatic nitrogens is 1. The fraction of sp³-hybridized carbons (Fsp3) is 0.429. The molecule has 1 fully saturated rings. The third-order valence-electron chi connectivity index (χ3n) is 5.57. The Morgan fingerprint density at radius 1 is 1.23 bits per heavy atom. The van der Waals surface area contributed by atoms with E-state index in [0.29, 0.717) is 48.4 Å². The van der Waals surface area contributed by atoms with Gasteiger partial charge >= 0.3 is 6.18 Å². The summed E-state index contributed by atoms with van der Waals surface area (Å²) in [5.74, 6) is -0.640. The van der Waals surface area contributed by atoms with Crippen LogP contribution in [0.5, 0.6) is 0 Å². The second kappa shape index (κ2) is 8.79. The molecule has 0 bridgehead atoms. The highest BCUT2D eigenvalue weighted by Gasteiger charge is 2.34. The topological polar surface area (TPSA) is 68.0 Å². The number of pyridine rings is 1. The molecule has 0 spiro atoms. The number of benzene rings is 1. The highest BCUT2D eigenvalue weighted by molar-refractivity contribution is 6.34. The predicted octanol–water partition coefficient (Wildman–Crippen LogP) is 5.69. The zero-order chi connectivity index (χ0) is 22.1. The van der Waals surface area contributed by atoms with Crippen molar-refractivity contribution in [3.63, 3.8) is 0 Å². The van der Waals surface area contributed by atoms with Crippen molar-refractivity contribution in [2.75, 3.05) is 11.9 Å². The summed E-state index contributed by atoms with van der Waals surface area (Å²) in [4.78, 5) is 15.7. The number of hydrogen-bond donors (Lipinski definition) is 2. The Labute approximate surface area is 176 Å². The summed E-state index contributed by atoms with van der Waals surface area (Å²) < 4.78 is 53.1. The number of halogens is 5. The Hall–Kier alpha value is -2.35. The first-order valence-corrected chi connectivity index (χ1v) is 10.0. The molecule has 1 saturated carbocycles. The predicted molar refractivity (Wildman–Crippen MR) is 107 cm³/mol. The fourth-order valence-electron chi connectivity index (χ4n) is 3.86. The van der Waals surface area contributed by atoms with Crippen molar-refractivity contribution in [1.82, 2.24) is 4.98 Å². The molecule has 30 heavy (non-hydrogen) atoms. The quantitative estimate of drug-likeness (QED) is 0.583. The van der Waals surface area contributed by atoms with Crippen molar-refractivity contribution in [3.8, 4) is 0 Å². The third kappa shape index (κ3) is 5.03. The number of rotatable bonds is 5. The van der Waals surface area contributed by atoms with Gasteiger partial charge in [0.25, 0.3) is 0 Å². The summed E-state index contributed by atoms with van der Waals surface area (Å²) in [7, 11) is 0. The lowest BCUT2D eigenvalue weighted by Gasteiger charge is -2.30. The van der Waals surface area contributed by atoms with Gasteiger partial charge in [-0.2, -0.15) is 13.2 Å². The van der Waals surface area contributed by atoms with Crippen LogP contribution in [0.3, 0.4) is 0 Å². The molecule has 162 valence electrons. The summed E-state index contributed by atoms with van der Waals surface area (Å²) in [6.45, 7) is 2.22. The van der Waals surface area contributed by atoms with Crippen LogP contribution in [-0.2, 0) is 6.18 Å². The van der Waals surface area contributed by atoms with Gasteiger partial charge in [-0.1, -0.05) is 11.6 Å². The molecular formula is C21H22ClF4N3O. The molecule has 2 aromatic rings. The monoisotopic (exact) mass is 443 g/mol. The number of amides is 1. The minimum atomic E-state index is -4.59. The van der Waals surface area contributed by atoms with Crippen LogP contribution in [0.15, 0.2) is 24.3 Å². The SMILES string of the molecule is Cc1nc(NCC2CCC(c3cc(C(F)(F)F)cc(C(N)=O)c3Cl)CC2)ccc1F. The van der Waals surface area contributed by atoms with Gasteiger partial charge in [0.2, 0.25) is 5.91 Å². The van der Waals surface area contributed by atoms with E-state index in [1.54, 1.807) is 13.0 Å². The number of carbonyl (C=O) groups is 1. The summed E-state index contributed by atoms with van der Waals surface area (Å²) in [5, 5.41) is 3.19. The summed E-state index contributed by atoms with van der Waals surface area (Å²) in [6, 6.07) is 4.67. The zero-order valence-electron chi connectivity index (χ0n) is 16.3. The van der Waals surface area contributed by atoms with Gasteiger partial charge in [-0.3, -0.25) is 4.79 Å². The number of nitrogens with two attached hydrogens (primary N) is 1. The van der Waals surface area contributed by atoms with Gasteiger partial charge in [0.15, 0.2) is 0 Å². The maximum atomic E-state index is 13.3. The molecule has 3 N–H and O–H groups in total. The first kappa shape index (κ1) is 22.3. The molecule has 1 aliphatic carbocycles. The summed E-state index contributed by atoms with van der Waals surface area (Å²) in [5.41, 5.74) is 4.65. The average Bonchev–Trinajstić information content (AvgIpc) is 2.68. The van der Waals surface area contributed by atoms with Crippen molar-refractivity contribution >= 4 is 23.3 Å². The van der Waals surface area contributed by atoms with Gasteiger partial charge in [-0.05, 0) is 74.3 Å². The van der Waals surface area contributed by atoms with Crippen molar-refractivity contribution in [1.29, 1.82) is 0 Å². The van der Waals surface area contributed by atoms with Crippen LogP contribution in [-0.4, -0.2) is 17.4 Å². The average molecular weight is 444 g/mol. The fourth-order valence-corrected chi connectivity index (χ4v) is 4.21. The standard InChI is InChI=1S/C21H22ClF4N3O/c1-11-17(23)6-7-18(29-11)28-10-12-2-4-13(5-3-12)15-8-14(21(24,25)26)9-16(19(15)22)20(27)30/h6-9,12-13H,2-5,10H2,1H3,(H2,27,30)(H,28,29). The van der Waals surface area contributed by atoms with E-state index in [1.807, 2.05) is 0 Å². The highest BCUT2D eigenvalue weighted by atomic mass is 35.5. The van der Waals surface area contributed by atoms with Crippen LogP contribution < -0.4 is 11.1 Å². The molecule has 0 saturated heterocycles. The van der Waals surface area contributed by atoms with Crippen molar-refractivity contribution in [3.05, 3.63) is 57.5 Å². The lowest BCUT2D eigenvalue weighted by atomic mass is 9.78. The largest absolute Gasteiger partial charge is 0.416 e. The van der Waals surface area contributed by atoms with Gasteiger partial charge < -0.3 is 11.1 Å². The van der Waals surface area contributed by atoms with E-state index in [4.69, 9.17) is 17.3 Å². The number of nitrogens with one attached hydrogen (secondary N) is 1. The number of alkyl halides is 3. The molecule has 1 aromatic heterocycles. The molecule has 0 unspecified atom stereocenters. The number of aryl methyl sites for hydroxylation is 1. The minimum Gasteiger partial charge on any atom is -0.370 e. The molecule has 3 rings (SSSR count). The maximum absolute atomic E-state index is 13.3. The summed E-state index contributed by atoms with van der Waals surface area (Å²) >= 11 is 6.24. The molecule has 0 radical (unpaired) electrons. The summed E-state index contributed by atoms with van der Waals surface area (Å²) in [6.07, 6.45) is -1.76. The van der Waals surface area contributed by atoms with Crippen LogP contribution in [0.4, 0.5) is 23.4 Å². The van der Waals surface area contributed by atoms with E-state index in [1.165, 1.54) is 6.07 Å². The molecule has 9 heteroatoms. The van der Waals surface area contributed by atoms with Crippen LogP contribution >= 0.6 is 11.6 Å². The van der Waals surface area contributed by atoms with Crippen molar-refractivity contribution in [2.24, 2.45) is 11.7 Å². The second-order valence-corrected chi connectivity index (χ2v) is 8.03. The van der Waals surface area contributed by atoms with E-state index in [-0.39, 0.29) is 22.3 Å². The van der Waals surface area contributed by atoms with E-state index in [9.17, 15) is 22.4 Å². The molecule has 0 atom stereocenters. The molecule has 1 amide bonds. The van der Waals surface area contributed by atoms with Crippen LogP contribution in [0.1, 0.15) is 58.8 Å². The number of hydrogen-bond acceptors (Lipinski definition) is 3. The van der Waals surface area contributed by atoms with E-state index < -0.39 is 17.6 Å². The molecular weight excluding hydrogens is 422 g/mol. The Kier molecular flexibility index (Phi) is 6.55. The van der Waals surface area contributed by atoms with E-state index in [2.05, 4.69) is 10.3 Å². The molecule has 1 aliphatic rings. The van der Waals surface area contributed by atoms with Gasteiger partial charge in [0.1, 0.15) is 11.6 Å². The van der Waals surface area contributed by atoms with Crippen LogP contribution in [0.2, 0.25) is 5.02 Å². The van der Waals surface area contributed by atoms with E-state index >= 15 is 0 Å². The minimum absolute atomic E-state index is 0.00284. The van der Waals surface area contributed by atoms with Gasteiger partial charge in [0, 0.05) is 6.54 Å². The van der Waals surface area contributed by atoms with Gasteiger partial charge in [0.05, 0.1) is 21.8 Å². The Balaban J connectivity index is 1.69. The molecule has 1 heterocycles.